The number of likely N-dealkylation sites (N-methyl/N-ethyl adjacent to an activating group) is 1. The maximum atomic E-state index is 13.2. The van der Waals surface area contributed by atoms with Gasteiger partial charge in [0.2, 0.25) is 15.9 Å². The molecule has 39 heavy (non-hydrogen) atoms. The number of amides is 1. The summed E-state index contributed by atoms with van der Waals surface area (Å²) in [6, 6.07) is 9.20. The van der Waals surface area contributed by atoms with Crippen LogP contribution in [0.15, 0.2) is 46.1 Å². The smallest absolute Gasteiger partial charge is 0.264 e. The van der Waals surface area contributed by atoms with E-state index in [-0.39, 0.29) is 44.3 Å². The van der Waals surface area contributed by atoms with Crippen molar-refractivity contribution in [2.75, 3.05) is 45.0 Å². The zero-order valence-corrected chi connectivity index (χ0v) is 23.7. The summed E-state index contributed by atoms with van der Waals surface area (Å²) in [6.07, 6.45) is 0. The third-order valence-corrected chi connectivity index (χ3v) is 7.30. The van der Waals surface area contributed by atoms with Gasteiger partial charge in [0.05, 0.1) is 17.4 Å². The molecule has 1 unspecified atom stereocenters. The number of nitrogens with two attached hydrogens (primary N) is 1. The van der Waals surface area contributed by atoms with Crippen LogP contribution in [-0.4, -0.2) is 74.1 Å². The van der Waals surface area contributed by atoms with Crippen molar-refractivity contribution in [1.82, 2.24) is 25.1 Å². The number of hydrogen-bond acceptors (Lipinski definition) is 8. The number of nitrogens with one attached hydrogen (secondary N) is 3. The molecule has 4 rings (SSSR count). The van der Waals surface area contributed by atoms with Crippen LogP contribution in [0.3, 0.4) is 0 Å². The van der Waals surface area contributed by atoms with Gasteiger partial charge in [-0.2, -0.15) is 5.10 Å². The molecule has 0 radical (unpaired) electrons. The zero-order valence-electron chi connectivity index (χ0n) is 21.4. The Morgan fingerprint density at radius 1 is 1.10 bits per heavy atom. The van der Waals surface area contributed by atoms with Crippen LogP contribution in [-0.2, 0) is 14.8 Å². The highest BCUT2D eigenvalue weighted by molar-refractivity contribution is 7.89. The van der Waals surface area contributed by atoms with Crippen molar-refractivity contribution in [2.24, 2.45) is 5.14 Å². The molecule has 0 aliphatic carbocycles. The molecule has 15 heteroatoms. The Morgan fingerprint density at radius 3 is 2.26 bits per heavy atom. The lowest BCUT2D eigenvalue weighted by Crippen LogP contribution is -2.27. The van der Waals surface area contributed by atoms with Crippen molar-refractivity contribution in [3.63, 3.8) is 0 Å². The largest absolute Gasteiger partial charge is 0.361 e. The highest BCUT2D eigenvalue weighted by Crippen LogP contribution is 2.40. The average Bonchev–Trinajstić information content (AvgIpc) is 3.26. The van der Waals surface area contributed by atoms with Crippen molar-refractivity contribution in [3.05, 3.63) is 73.7 Å². The maximum Gasteiger partial charge on any atom is 0.264 e. The standard InChI is InChI=1S/C24H26Cl2N8O4S/c1-33(2)11-17(35)28-13-7-5-12(6-8-13)18(19-15(25)9-14(10-16(19)26)39(27,37)38)21-29-22-20(24(36)30-21)23(32-31-22)34(3)4/h5-10,18H,11H2,1-4H3,(H,28,35)(H2,27,37,38)(H2,29,30,31,32,36). The van der Waals surface area contributed by atoms with Gasteiger partial charge in [0.15, 0.2) is 11.5 Å². The summed E-state index contributed by atoms with van der Waals surface area (Å²) in [5, 5.41) is 15.3. The van der Waals surface area contributed by atoms with Crippen LogP contribution in [0.4, 0.5) is 11.5 Å². The molecular weight excluding hydrogens is 567 g/mol. The fourth-order valence-electron chi connectivity index (χ4n) is 4.11. The quantitative estimate of drug-likeness (QED) is 0.241. The van der Waals surface area contributed by atoms with E-state index in [0.29, 0.717) is 22.6 Å². The average molecular weight is 593 g/mol. The van der Waals surface area contributed by atoms with Gasteiger partial charge in [0.1, 0.15) is 11.2 Å². The third-order valence-electron chi connectivity index (χ3n) is 5.78. The van der Waals surface area contributed by atoms with Crippen LogP contribution in [0.5, 0.6) is 0 Å². The number of fused-ring (bicyclic) bond motifs is 1. The highest BCUT2D eigenvalue weighted by Gasteiger charge is 2.28. The number of rotatable bonds is 8. The monoisotopic (exact) mass is 592 g/mol. The second kappa shape index (κ2) is 10.9. The molecule has 0 aliphatic heterocycles. The number of carbonyl (C=O) groups excluding carboxylic acids is 1. The fraction of sp³-hybridized carbons (Fsp3) is 0.250. The summed E-state index contributed by atoms with van der Waals surface area (Å²) >= 11 is 13.1. The molecule has 4 aromatic rings. The first kappa shape index (κ1) is 28.5. The Labute approximate surface area is 234 Å². The van der Waals surface area contributed by atoms with Crippen LogP contribution in [0, 0.1) is 0 Å². The molecule has 0 saturated carbocycles. The minimum absolute atomic E-state index is 0.00113. The van der Waals surface area contributed by atoms with Gasteiger partial charge in [-0.25, -0.2) is 18.5 Å². The lowest BCUT2D eigenvalue weighted by molar-refractivity contribution is -0.116. The molecule has 1 amide bonds. The molecule has 2 aromatic heterocycles. The lowest BCUT2D eigenvalue weighted by atomic mass is 9.90. The van der Waals surface area contributed by atoms with Crippen LogP contribution < -0.4 is 20.9 Å². The number of aromatic nitrogens is 4. The van der Waals surface area contributed by atoms with Gasteiger partial charge in [-0.1, -0.05) is 35.3 Å². The predicted molar refractivity (Wildman–Crippen MR) is 151 cm³/mol. The minimum atomic E-state index is -4.09. The number of benzene rings is 2. The molecule has 2 heterocycles. The number of aromatic amines is 2. The Morgan fingerprint density at radius 2 is 1.72 bits per heavy atom. The van der Waals surface area contributed by atoms with E-state index in [1.54, 1.807) is 62.3 Å². The number of primary sulfonamides is 1. The second-order valence-electron chi connectivity index (χ2n) is 9.30. The molecule has 0 aliphatic rings. The van der Waals surface area contributed by atoms with Gasteiger partial charge in [-0.15, -0.1) is 0 Å². The van der Waals surface area contributed by atoms with E-state index in [0.717, 1.165) is 0 Å². The Bertz CT molecular complexity index is 1690. The van der Waals surface area contributed by atoms with Crippen molar-refractivity contribution in [1.29, 1.82) is 0 Å². The van der Waals surface area contributed by atoms with E-state index in [2.05, 4.69) is 25.5 Å². The van der Waals surface area contributed by atoms with Crippen LogP contribution >= 0.6 is 23.2 Å². The van der Waals surface area contributed by atoms with Gasteiger partial charge in [-0.3, -0.25) is 14.7 Å². The van der Waals surface area contributed by atoms with Gasteiger partial charge in [0, 0.05) is 35.4 Å². The van der Waals surface area contributed by atoms with Crippen molar-refractivity contribution in [3.8, 4) is 0 Å². The van der Waals surface area contributed by atoms with Gasteiger partial charge in [-0.05, 0) is 43.9 Å². The summed E-state index contributed by atoms with van der Waals surface area (Å²) in [5.41, 5.74) is 1.24. The Balaban J connectivity index is 1.89. The Kier molecular flexibility index (Phi) is 8.00. The van der Waals surface area contributed by atoms with E-state index in [1.165, 1.54) is 12.1 Å². The molecule has 0 saturated heterocycles. The molecule has 0 fully saturated rings. The summed E-state index contributed by atoms with van der Waals surface area (Å²) in [6.45, 7) is 0.205. The van der Waals surface area contributed by atoms with E-state index >= 15 is 0 Å². The van der Waals surface area contributed by atoms with E-state index in [9.17, 15) is 18.0 Å². The van der Waals surface area contributed by atoms with Crippen molar-refractivity contribution in [2.45, 2.75) is 10.8 Å². The molecule has 0 spiro atoms. The summed E-state index contributed by atoms with van der Waals surface area (Å²) in [4.78, 5) is 35.9. The maximum absolute atomic E-state index is 13.2. The Hall–Kier alpha value is -3.49. The number of sulfonamides is 1. The topological polar surface area (TPSA) is 170 Å². The first-order valence-corrected chi connectivity index (χ1v) is 13.8. The van der Waals surface area contributed by atoms with Gasteiger partial charge < -0.3 is 20.1 Å². The first-order chi connectivity index (χ1) is 18.3. The molecule has 0 bridgehead atoms. The predicted octanol–water partition coefficient (Wildman–Crippen LogP) is 2.35. The molecule has 12 nitrogen and oxygen atoms in total. The number of hydrogen-bond donors (Lipinski definition) is 4. The molecule has 5 N–H and O–H groups in total. The second-order valence-corrected chi connectivity index (χ2v) is 11.7. The third kappa shape index (κ3) is 6.07. The van der Waals surface area contributed by atoms with E-state index < -0.39 is 21.5 Å². The van der Waals surface area contributed by atoms with Crippen LogP contribution in [0.1, 0.15) is 22.9 Å². The normalized spacial score (nSPS) is 12.6. The SMILES string of the molecule is CN(C)CC(=O)Nc1ccc(C(c2nc3[nH]nc(N(C)C)c3c(=O)[nH]2)c2c(Cl)cc(S(N)(=O)=O)cc2Cl)cc1. The summed E-state index contributed by atoms with van der Waals surface area (Å²) in [7, 11) is 2.98. The number of carbonyl (C=O) groups is 1. The van der Waals surface area contributed by atoms with Gasteiger partial charge >= 0.3 is 0 Å². The number of nitrogens with zero attached hydrogens (tertiary/aromatic N) is 4. The first-order valence-electron chi connectivity index (χ1n) is 11.5. The molecular formula is C24H26Cl2N8O4S. The lowest BCUT2D eigenvalue weighted by Gasteiger charge is -2.21. The minimum Gasteiger partial charge on any atom is -0.361 e. The van der Waals surface area contributed by atoms with E-state index in [4.69, 9.17) is 28.3 Å². The molecule has 2 aromatic carbocycles. The summed E-state index contributed by atoms with van der Waals surface area (Å²) < 4.78 is 23.9. The zero-order chi connectivity index (χ0) is 28.6. The number of anilines is 2. The van der Waals surface area contributed by atoms with Crippen LogP contribution in [0.25, 0.3) is 11.0 Å². The van der Waals surface area contributed by atoms with E-state index in [1.807, 2.05) is 0 Å². The number of H-pyrrole nitrogens is 2. The molecule has 206 valence electrons. The number of halogens is 2. The van der Waals surface area contributed by atoms with Crippen LogP contribution in [0.2, 0.25) is 10.0 Å². The highest BCUT2D eigenvalue weighted by atomic mass is 35.5. The fourth-order valence-corrected chi connectivity index (χ4v) is 5.51. The van der Waals surface area contributed by atoms with Gasteiger partial charge in [0.25, 0.3) is 5.56 Å². The van der Waals surface area contributed by atoms with Crippen molar-refractivity contribution < 1.29 is 13.2 Å². The molecule has 1 atom stereocenters. The summed E-state index contributed by atoms with van der Waals surface area (Å²) in [5.74, 6) is -0.443. The van der Waals surface area contributed by atoms with Crippen molar-refractivity contribution >= 4 is 61.7 Å².